The van der Waals surface area contributed by atoms with E-state index < -0.39 is 0 Å². The number of hydrogen-bond acceptors (Lipinski definition) is 5. The van der Waals surface area contributed by atoms with E-state index in [1.54, 1.807) is 18.9 Å². The number of likely N-dealkylation sites (tertiary alicyclic amines) is 1. The number of nitrogens with zero attached hydrogens (tertiary/aromatic N) is 2. The Morgan fingerprint density at radius 1 is 1.30 bits per heavy atom. The van der Waals surface area contributed by atoms with Gasteiger partial charge in [0.05, 0.1) is 6.10 Å². The largest absolute Gasteiger partial charge is 0.443 e. The van der Waals surface area contributed by atoms with Crippen molar-refractivity contribution in [3.63, 3.8) is 0 Å². The van der Waals surface area contributed by atoms with E-state index in [-0.39, 0.29) is 35.3 Å². The Hall–Kier alpha value is -1.89. The number of methoxy groups -OCH3 is 1. The molecule has 1 atom stereocenters. The van der Waals surface area contributed by atoms with Gasteiger partial charge in [0.1, 0.15) is 11.8 Å². The maximum absolute atomic E-state index is 12.9. The quantitative estimate of drug-likeness (QED) is 0.824. The number of amides is 2. The summed E-state index contributed by atoms with van der Waals surface area (Å²) in [6.07, 6.45) is 3.70. The van der Waals surface area contributed by atoms with Gasteiger partial charge in [0.15, 0.2) is 5.69 Å². The lowest BCUT2D eigenvalue weighted by atomic mass is 10.0. The van der Waals surface area contributed by atoms with E-state index in [1.165, 1.54) is 0 Å². The van der Waals surface area contributed by atoms with Gasteiger partial charge in [0.25, 0.3) is 5.91 Å². The van der Waals surface area contributed by atoms with Gasteiger partial charge in [-0.1, -0.05) is 20.8 Å². The van der Waals surface area contributed by atoms with E-state index >= 15 is 0 Å². The number of carbonyl (C=O) groups excluding carboxylic acids is 2. The monoisotopic (exact) mass is 377 g/mol. The smallest absolute Gasteiger partial charge is 0.276 e. The van der Waals surface area contributed by atoms with Crippen LogP contribution < -0.4 is 5.32 Å². The van der Waals surface area contributed by atoms with E-state index in [1.807, 2.05) is 20.8 Å². The van der Waals surface area contributed by atoms with Crippen molar-refractivity contribution in [3.05, 3.63) is 17.3 Å². The number of oxazole rings is 1. The molecular formula is C20H31N3O4. The van der Waals surface area contributed by atoms with Crippen molar-refractivity contribution >= 4 is 11.8 Å². The second-order valence-electron chi connectivity index (χ2n) is 8.44. The number of carbonyl (C=O) groups is 2. The molecule has 7 heteroatoms. The van der Waals surface area contributed by atoms with Gasteiger partial charge >= 0.3 is 0 Å². The Balaban J connectivity index is 1.73. The standard InChI is InChI=1S/C20H31N3O4/c1-12(2)15(22-19(25)20(4)8-9-20)17-21-16(13(3)27-17)18(24)23-10-6-14(26-5)7-11-23/h12,14-15H,6-11H2,1-5H3,(H,22,25)/t15-/m1/s1. The molecule has 2 amide bonds. The lowest BCUT2D eigenvalue weighted by molar-refractivity contribution is -0.127. The van der Waals surface area contributed by atoms with Gasteiger partial charge in [-0.3, -0.25) is 9.59 Å². The van der Waals surface area contributed by atoms with Crippen LogP contribution in [0.5, 0.6) is 0 Å². The van der Waals surface area contributed by atoms with Crippen LogP contribution >= 0.6 is 0 Å². The zero-order valence-electron chi connectivity index (χ0n) is 17.0. The highest BCUT2D eigenvalue weighted by Gasteiger charge is 2.46. The van der Waals surface area contributed by atoms with Crippen LogP contribution in [0.2, 0.25) is 0 Å². The van der Waals surface area contributed by atoms with E-state index in [0.717, 1.165) is 25.7 Å². The maximum atomic E-state index is 12.9. The molecule has 1 saturated heterocycles. The van der Waals surface area contributed by atoms with Crippen LogP contribution in [0.4, 0.5) is 0 Å². The summed E-state index contributed by atoms with van der Waals surface area (Å²) in [5.74, 6) is 0.943. The summed E-state index contributed by atoms with van der Waals surface area (Å²) < 4.78 is 11.2. The van der Waals surface area contributed by atoms with Crippen LogP contribution in [-0.4, -0.2) is 48.0 Å². The summed E-state index contributed by atoms with van der Waals surface area (Å²) in [5, 5.41) is 3.07. The fourth-order valence-corrected chi connectivity index (χ4v) is 3.44. The average molecular weight is 377 g/mol. The van der Waals surface area contributed by atoms with Gasteiger partial charge in [-0.15, -0.1) is 0 Å². The minimum atomic E-state index is -0.339. The highest BCUT2D eigenvalue weighted by Crippen LogP contribution is 2.45. The normalized spacial score (nSPS) is 20.6. The first-order valence-electron chi connectivity index (χ1n) is 9.85. The molecule has 1 saturated carbocycles. The Kier molecular flexibility index (Phi) is 5.60. The van der Waals surface area contributed by atoms with Crippen LogP contribution in [0.3, 0.4) is 0 Å². The molecule has 0 unspecified atom stereocenters. The number of hydrogen-bond donors (Lipinski definition) is 1. The predicted molar refractivity (Wildman–Crippen MR) is 100 cm³/mol. The zero-order valence-corrected chi connectivity index (χ0v) is 17.0. The van der Waals surface area contributed by atoms with Gasteiger partial charge in [-0.25, -0.2) is 4.98 Å². The summed E-state index contributed by atoms with van der Waals surface area (Å²) in [7, 11) is 1.71. The van der Waals surface area contributed by atoms with Gasteiger partial charge in [-0.2, -0.15) is 0 Å². The number of nitrogens with one attached hydrogen (secondary N) is 1. The van der Waals surface area contributed by atoms with Crippen LogP contribution in [0, 0.1) is 18.3 Å². The number of aryl methyl sites for hydroxylation is 1. The molecule has 2 fully saturated rings. The molecule has 150 valence electrons. The number of piperidine rings is 1. The van der Waals surface area contributed by atoms with E-state index in [4.69, 9.17) is 9.15 Å². The van der Waals surface area contributed by atoms with Crippen molar-refractivity contribution in [1.82, 2.24) is 15.2 Å². The first kappa shape index (κ1) is 19.9. The molecule has 27 heavy (non-hydrogen) atoms. The first-order chi connectivity index (χ1) is 12.7. The van der Waals surface area contributed by atoms with Gasteiger partial charge in [0.2, 0.25) is 11.8 Å². The maximum Gasteiger partial charge on any atom is 0.276 e. The van der Waals surface area contributed by atoms with E-state index in [0.29, 0.717) is 30.4 Å². The number of rotatable bonds is 6. The molecule has 0 radical (unpaired) electrons. The fraction of sp³-hybridized carbons (Fsp3) is 0.750. The minimum Gasteiger partial charge on any atom is -0.443 e. The Labute approximate surface area is 160 Å². The summed E-state index contributed by atoms with van der Waals surface area (Å²) in [6.45, 7) is 9.06. The van der Waals surface area contributed by atoms with Crippen molar-refractivity contribution in [1.29, 1.82) is 0 Å². The molecule has 1 aromatic heterocycles. The lowest BCUT2D eigenvalue weighted by Gasteiger charge is -2.30. The molecule has 3 rings (SSSR count). The second kappa shape index (κ2) is 7.62. The van der Waals surface area contributed by atoms with Crippen LogP contribution in [0.1, 0.15) is 74.6 Å². The Morgan fingerprint density at radius 3 is 2.44 bits per heavy atom. The molecule has 1 aliphatic heterocycles. The molecule has 1 aromatic rings. The Morgan fingerprint density at radius 2 is 1.93 bits per heavy atom. The molecule has 0 bridgehead atoms. The van der Waals surface area contributed by atoms with Crippen molar-refractivity contribution in [3.8, 4) is 0 Å². The van der Waals surface area contributed by atoms with Crippen molar-refractivity contribution in [2.45, 2.75) is 65.5 Å². The SMILES string of the molecule is COC1CCN(C(=O)c2nc([C@H](NC(=O)C3(C)CC3)C(C)C)oc2C)CC1. The van der Waals surface area contributed by atoms with Gasteiger partial charge in [-0.05, 0) is 38.5 Å². The van der Waals surface area contributed by atoms with Crippen LogP contribution in [0.25, 0.3) is 0 Å². The van der Waals surface area contributed by atoms with E-state index in [9.17, 15) is 9.59 Å². The second-order valence-corrected chi connectivity index (χ2v) is 8.44. The number of aromatic nitrogens is 1. The molecular weight excluding hydrogens is 346 g/mol. The average Bonchev–Trinajstić information content (AvgIpc) is 3.29. The minimum absolute atomic E-state index is 0.0339. The summed E-state index contributed by atoms with van der Waals surface area (Å²) in [4.78, 5) is 31.7. The first-order valence-corrected chi connectivity index (χ1v) is 9.85. The van der Waals surface area contributed by atoms with E-state index in [2.05, 4.69) is 10.3 Å². The molecule has 2 heterocycles. The molecule has 2 aliphatic rings. The molecule has 7 nitrogen and oxygen atoms in total. The van der Waals surface area contributed by atoms with Crippen molar-refractivity contribution in [2.75, 3.05) is 20.2 Å². The third kappa shape index (κ3) is 4.18. The van der Waals surface area contributed by atoms with Crippen molar-refractivity contribution < 1.29 is 18.7 Å². The fourth-order valence-electron chi connectivity index (χ4n) is 3.44. The van der Waals surface area contributed by atoms with Crippen LogP contribution in [0.15, 0.2) is 4.42 Å². The number of ether oxygens (including phenoxy) is 1. The molecule has 0 spiro atoms. The molecule has 1 N–H and O–H groups in total. The zero-order chi connectivity index (χ0) is 19.8. The topological polar surface area (TPSA) is 84.7 Å². The molecule has 0 aromatic carbocycles. The molecule has 1 aliphatic carbocycles. The summed E-state index contributed by atoms with van der Waals surface area (Å²) in [6, 6.07) is -0.339. The lowest BCUT2D eigenvalue weighted by Crippen LogP contribution is -2.41. The summed E-state index contributed by atoms with van der Waals surface area (Å²) in [5.41, 5.74) is 0.0810. The van der Waals surface area contributed by atoms with Gasteiger partial charge in [0, 0.05) is 25.6 Å². The third-order valence-corrected chi connectivity index (χ3v) is 5.85. The third-order valence-electron chi connectivity index (χ3n) is 5.85. The van der Waals surface area contributed by atoms with Crippen molar-refractivity contribution in [2.24, 2.45) is 11.3 Å². The predicted octanol–water partition coefficient (Wildman–Crippen LogP) is 2.85. The highest BCUT2D eigenvalue weighted by molar-refractivity contribution is 5.93. The van der Waals surface area contributed by atoms with Crippen LogP contribution in [-0.2, 0) is 9.53 Å². The highest BCUT2D eigenvalue weighted by atomic mass is 16.5. The van der Waals surface area contributed by atoms with Gasteiger partial charge < -0.3 is 19.4 Å². The Bertz CT molecular complexity index is 700. The summed E-state index contributed by atoms with van der Waals surface area (Å²) >= 11 is 0.